The van der Waals surface area contributed by atoms with Gasteiger partial charge in [0.05, 0.1) is 23.0 Å². The number of halogens is 1. The van der Waals surface area contributed by atoms with E-state index in [2.05, 4.69) is 14.7 Å². The van der Waals surface area contributed by atoms with Gasteiger partial charge in [0.25, 0.3) is 10.0 Å². The molecule has 1 aromatic heterocycles. The van der Waals surface area contributed by atoms with Gasteiger partial charge in [-0.2, -0.15) is 0 Å². The van der Waals surface area contributed by atoms with Gasteiger partial charge in [-0.25, -0.2) is 22.8 Å². The smallest absolute Gasteiger partial charge is 0.261 e. The van der Waals surface area contributed by atoms with Gasteiger partial charge >= 0.3 is 0 Å². The molecule has 1 N–H and O–H groups in total. The van der Waals surface area contributed by atoms with Crippen LogP contribution < -0.4 is 9.62 Å². The Balaban J connectivity index is 2.22. The van der Waals surface area contributed by atoms with Gasteiger partial charge in [-0.1, -0.05) is 0 Å². The lowest BCUT2D eigenvalue weighted by Crippen LogP contribution is -2.15. The number of anilines is 2. The number of aromatic nitrogens is 2. The number of sulfonamides is 1. The van der Waals surface area contributed by atoms with E-state index in [0.717, 1.165) is 12.1 Å². The minimum absolute atomic E-state index is 0.0319. The Bertz CT molecular complexity index is 684. The Hall–Kier alpha value is -2.22. The summed E-state index contributed by atoms with van der Waals surface area (Å²) in [6, 6.07) is 4.54. The predicted octanol–water partition coefficient (Wildman–Crippen LogP) is 1.48. The fourth-order valence-electron chi connectivity index (χ4n) is 1.43. The molecule has 6 nitrogen and oxygen atoms in total. The molecule has 0 atom stereocenters. The molecule has 0 aliphatic rings. The highest BCUT2D eigenvalue weighted by Crippen LogP contribution is 2.16. The number of hydrogen-bond acceptors (Lipinski definition) is 5. The van der Waals surface area contributed by atoms with Crippen LogP contribution in [0.1, 0.15) is 0 Å². The molecule has 0 unspecified atom stereocenters. The molecule has 1 aromatic carbocycles. The molecule has 2 aromatic rings. The highest BCUT2D eigenvalue weighted by Gasteiger charge is 2.14. The normalized spacial score (nSPS) is 11.2. The van der Waals surface area contributed by atoms with Crippen LogP contribution in [0.5, 0.6) is 0 Å². The van der Waals surface area contributed by atoms with Crippen molar-refractivity contribution in [3.05, 3.63) is 42.5 Å². The van der Waals surface area contributed by atoms with E-state index in [-0.39, 0.29) is 10.6 Å². The highest BCUT2D eigenvalue weighted by molar-refractivity contribution is 7.92. The van der Waals surface area contributed by atoms with Crippen molar-refractivity contribution in [1.29, 1.82) is 0 Å². The van der Waals surface area contributed by atoms with Crippen molar-refractivity contribution in [2.45, 2.75) is 4.90 Å². The summed E-state index contributed by atoms with van der Waals surface area (Å²) in [7, 11) is -0.222. The van der Waals surface area contributed by atoms with E-state index in [9.17, 15) is 12.8 Å². The van der Waals surface area contributed by atoms with Crippen LogP contribution in [0.15, 0.2) is 41.6 Å². The van der Waals surface area contributed by atoms with Crippen molar-refractivity contribution in [3.8, 4) is 0 Å². The molecule has 0 aliphatic heterocycles. The van der Waals surface area contributed by atoms with E-state index in [1.54, 1.807) is 19.0 Å². The second-order valence-corrected chi connectivity index (χ2v) is 5.91. The Morgan fingerprint density at radius 3 is 2.15 bits per heavy atom. The van der Waals surface area contributed by atoms with Crippen molar-refractivity contribution in [2.24, 2.45) is 0 Å². The molecular weight excluding hydrogens is 283 g/mol. The maximum Gasteiger partial charge on any atom is 0.261 e. The Kier molecular flexibility index (Phi) is 3.84. The summed E-state index contributed by atoms with van der Waals surface area (Å²) in [5.74, 6) is -0.0302. The molecule has 0 aliphatic carbocycles. The lowest BCUT2D eigenvalue weighted by Gasteiger charge is -2.11. The zero-order chi connectivity index (χ0) is 14.8. The fraction of sp³-hybridized carbons (Fsp3) is 0.167. The van der Waals surface area contributed by atoms with Crippen LogP contribution in [0.3, 0.4) is 0 Å². The maximum atomic E-state index is 12.8. The van der Waals surface area contributed by atoms with Crippen LogP contribution in [0.2, 0.25) is 0 Å². The summed E-state index contributed by atoms with van der Waals surface area (Å²) >= 11 is 0. The quantitative estimate of drug-likeness (QED) is 0.925. The van der Waals surface area contributed by atoms with Crippen molar-refractivity contribution < 1.29 is 12.8 Å². The first-order chi connectivity index (χ1) is 9.38. The van der Waals surface area contributed by atoms with Gasteiger partial charge in [-0.05, 0) is 24.3 Å². The zero-order valence-corrected chi connectivity index (χ0v) is 11.7. The average Bonchev–Trinajstić information content (AvgIpc) is 2.39. The first-order valence-corrected chi connectivity index (χ1v) is 7.14. The third-order valence-corrected chi connectivity index (χ3v) is 3.81. The first kappa shape index (κ1) is 14.2. The van der Waals surface area contributed by atoms with E-state index in [4.69, 9.17) is 0 Å². The van der Waals surface area contributed by atoms with Crippen LogP contribution in [0.25, 0.3) is 0 Å². The Morgan fingerprint density at radius 1 is 1.10 bits per heavy atom. The highest BCUT2D eigenvalue weighted by atomic mass is 32.2. The number of nitrogens with zero attached hydrogens (tertiary/aromatic N) is 3. The van der Waals surface area contributed by atoms with Gasteiger partial charge in [0.2, 0.25) is 5.95 Å². The molecule has 0 amide bonds. The molecule has 1 heterocycles. The molecule has 20 heavy (non-hydrogen) atoms. The summed E-state index contributed by atoms with van der Waals surface area (Å²) in [5.41, 5.74) is 0.236. The standard InChI is InChI=1S/C12H13FN4O2S/c1-17(2)12-14-7-10(8-15-12)16-20(18,19)11-5-3-9(13)4-6-11/h3-8,16H,1-2H3. The second kappa shape index (κ2) is 5.41. The van der Waals surface area contributed by atoms with Crippen LogP contribution in [-0.4, -0.2) is 32.5 Å². The van der Waals surface area contributed by atoms with E-state index < -0.39 is 15.8 Å². The molecule has 0 bridgehead atoms. The summed E-state index contributed by atoms with van der Waals surface area (Å²) in [4.78, 5) is 9.66. The summed E-state index contributed by atoms with van der Waals surface area (Å²) in [5, 5.41) is 0. The average molecular weight is 296 g/mol. The monoisotopic (exact) mass is 296 g/mol. The molecule has 0 radical (unpaired) electrons. The fourth-order valence-corrected chi connectivity index (χ4v) is 2.46. The topological polar surface area (TPSA) is 75.2 Å². The molecule has 106 valence electrons. The summed E-state index contributed by atoms with van der Waals surface area (Å²) in [6.45, 7) is 0. The van der Waals surface area contributed by atoms with Gasteiger partial charge in [0, 0.05) is 14.1 Å². The Morgan fingerprint density at radius 2 is 1.65 bits per heavy atom. The Labute approximate surface area is 116 Å². The van der Waals surface area contributed by atoms with Crippen molar-refractivity contribution in [1.82, 2.24) is 9.97 Å². The second-order valence-electron chi connectivity index (χ2n) is 4.23. The number of hydrogen-bond donors (Lipinski definition) is 1. The summed E-state index contributed by atoms with van der Waals surface area (Å²) in [6.07, 6.45) is 2.73. The third kappa shape index (κ3) is 3.21. The third-order valence-electron chi connectivity index (χ3n) is 2.41. The lowest BCUT2D eigenvalue weighted by molar-refractivity contribution is 0.599. The van der Waals surface area contributed by atoms with E-state index in [1.807, 2.05) is 0 Å². The van der Waals surface area contributed by atoms with Gasteiger partial charge in [0.1, 0.15) is 5.82 Å². The minimum Gasteiger partial charge on any atom is -0.347 e. The SMILES string of the molecule is CN(C)c1ncc(NS(=O)(=O)c2ccc(F)cc2)cn1. The number of nitrogens with one attached hydrogen (secondary N) is 1. The largest absolute Gasteiger partial charge is 0.347 e. The maximum absolute atomic E-state index is 12.8. The van der Waals surface area contributed by atoms with E-state index in [1.165, 1.54) is 24.5 Å². The molecule has 2 rings (SSSR count). The van der Waals surface area contributed by atoms with Crippen LogP contribution >= 0.6 is 0 Å². The molecule has 0 saturated heterocycles. The van der Waals surface area contributed by atoms with E-state index >= 15 is 0 Å². The van der Waals surface area contributed by atoms with Gasteiger partial charge in [-0.15, -0.1) is 0 Å². The lowest BCUT2D eigenvalue weighted by atomic mass is 10.4. The number of rotatable bonds is 4. The van der Waals surface area contributed by atoms with Crippen LogP contribution in [0.4, 0.5) is 16.0 Å². The first-order valence-electron chi connectivity index (χ1n) is 5.66. The zero-order valence-electron chi connectivity index (χ0n) is 10.9. The minimum atomic E-state index is -3.77. The van der Waals surface area contributed by atoms with Crippen molar-refractivity contribution in [2.75, 3.05) is 23.7 Å². The number of benzene rings is 1. The molecule has 0 spiro atoms. The van der Waals surface area contributed by atoms with Crippen molar-refractivity contribution in [3.63, 3.8) is 0 Å². The van der Waals surface area contributed by atoms with Gasteiger partial charge < -0.3 is 4.90 Å². The van der Waals surface area contributed by atoms with Crippen molar-refractivity contribution >= 4 is 21.7 Å². The van der Waals surface area contributed by atoms with Crippen LogP contribution in [0, 0.1) is 5.82 Å². The van der Waals surface area contributed by atoms with E-state index in [0.29, 0.717) is 5.95 Å². The predicted molar refractivity (Wildman–Crippen MR) is 73.6 cm³/mol. The van der Waals surface area contributed by atoms with Crippen LogP contribution in [-0.2, 0) is 10.0 Å². The summed E-state index contributed by atoms with van der Waals surface area (Å²) < 4.78 is 39.2. The molecule has 8 heteroatoms. The molecule has 0 saturated carbocycles. The molecular formula is C12H13FN4O2S. The van der Waals surface area contributed by atoms with Gasteiger partial charge in [0.15, 0.2) is 0 Å². The van der Waals surface area contributed by atoms with Gasteiger partial charge in [-0.3, -0.25) is 4.72 Å². The molecule has 0 fully saturated rings.